The molecule has 0 bridgehead atoms. The van der Waals surface area contributed by atoms with E-state index in [1.165, 1.54) is 0 Å². The second-order valence-electron chi connectivity index (χ2n) is 5.98. The molecule has 6 heteroatoms. The fourth-order valence-corrected chi connectivity index (χ4v) is 2.59. The van der Waals surface area contributed by atoms with Crippen molar-refractivity contribution in [3.63, 3.8) is 0 Å². The van der Waals surface area contributed by atoms with Crippen LogP contribution in [-0.2, 0) is 6.54 Å². The van der Waals surface area contributed by atoms with Crippen LogP contribution in [0.1, 0.15) is 12.2 Å². The predicted molar refractivity (Wildman–Crippen MR) is 109 cm³/mol. The summed E-state index contributed by atoms with van der Waals surface area (Å²) < 4.78 is 5.68. The van der Waals surface area contributed by atoms with Gasteiger partial charge >= 0.3 is 0 Å². The number of benzene rings is 2. The SMILES string of the molecule is CN=C(NCCCOc1ccccc1)NCc1ncc(-c2ccccc2)[nH]1. The molecule has 0 aliphatic heterocycles. The van der Waals surface area contributed by atoms with E-state index in [1.54, 1.807) is 7.05 Å². The van der Waals surface area contributed by atoms with Crippen molar-refractivity contribution in [1.82, 2.24) is 20.6 Å². The van der Waals surface area contributed by atoms with Crippen molar-refractivity contribution < 1.29 is 4.74 Å². The van der Waals surface area contributed by atoms with Gasteiger partial charge in [-0.15, -0.1) is 0 Å². The molecule has 0 unspecified atom stereocenters. The van der Waals surface area contributed by atoms with Crippen molar-refractivity contribution in [3.05, 3.63) is 72.7 Å². The van der Waals surface area contributed by atoms with Gasteiger partial charge in [-0.1, -0.05) is 48.5 Å². The summed E-state index contributed by atoms with van der Waals surface area (Å²) in [6.45, 7) is 2.01. The van der Waals surface area contributed by atoms with E-state index in [4.69, 9.17) is 4.74 Å². The molecular formula is C21H25N5O. The van der Waals surface area contributed by atoms with Gasteiger partial charge in [0.25, 0.3) is 0 Å². The molecule has 1 aromatic heterocycles. The molecule has 27 heavy (non-hydrogen) atoms. The topological polar surface area (TPSA) is 74.3 Å². The second kappa shape index (κ2) is 10.0. The Morgan fingerprint density at radius 3 is 2.52 bits per heavy atom. The molecule has 6 nitrogen and oxygen atoms in total. The van der Waals surface area contributed by atoms with Crippen LogP contribution < -0.4 is 15.4 Å². The predicted octanol–water partition coefficient (Wildman–Crippen LogP) is 3.21. The highest BCUT2D eigenvalue weighted by Gasteiger charge is 2.04. The minimum Gasteiger partial charge on any atom is -0.494 e. The molecule has 3 aromatic rings. The van der Waals surface area contributed by atoms with Crippen molar-refractivity contribution in [1.29, 1.82) is 0 Å². The number of hydrogen-bond donors (Lipinski definition) is 3. The fourth-order valence-electron chi connectivity index (χ4n) is 2.59. The Bertz CT molecular complexity index is 830. The van der Waals surface area contributed by atoms with Crippen LogP contribution in [0.3, 0.4) is 0 Å². The highest BCUT2D eigenvalue weighted by atomic mass is 16.5. The summed E-state index contributed by atoms with van der Waals surface area (Å²) in [6, 6.07) is 20.0. The average molecular weight is 363 g/mol. The van der Waals surface area contributed by atoms with Crippen LogP contribution in [0.4, 0.5) is 0 Å². The molecule has 1 heterocycles. The molecular weight excluding hydrogens is 338 g/mol. The van der Waals surface area contributed by atoms with Crippen LogP contribution in [-0.4, -0.2) is 36.1 Å². The lowest BCUT2D eigenvalue weighted by molar-refractivity contribution is 0.311. The van der Waals surface area contributed by atoms with Gasteiger partial charge in [0.1, 0.15) is 11.6 Å². The van der Waals surface area contributed by atoms with Gasteiger partial charge in [0.2, 0.25) is 0 Å². The Balaban J connectivity index is 1.37. The number of guanidine groups is 1. The first-order valence-electron chi connectivity index (χ1n) is 9.07. The number of imidazole rings is 1. The lowest BCUT2D eigenvalue weighted by atomic mass is 10.2. The van der Waals surface area contributed by atoms with E-state index < -0.39 is 0 Å². The molecule has 140 valence electrons. The first-order chi connectivity index (χ1) is 13.3. The van der Waals surface area contributed by atoms with Crippen LogP contribution in [0, 0.1) is 0 Å². The summed E-state index contributed by atoms with van der Waals surface area (Å²) in [5.41, 5.74) is 2.13. The van der Waals surface area contributed by atoms with Gasteiger partial charge in [0, 0.05) is 13.6 Å². The molecule has 3 N–H and O–H groups in total. The van der Waals surface area contributed by atoms with Gasteiger partial charge in [-0.2, -0.15) is 0 Å². The van der Waals surface area contributed by atoms with Crippen LogP contribution in [0.25, 0.3) is 11.3 Å². The number of aliphatic imine (C=N–C) groups is 1. The first kappa shape index (κ1) is 18.5. The zero-order valence-corrected chi connectivity index (χ0v) is 15.5. The molecule has 0 aliphatic rings. The molecule has 0 spiro atoms. The molecule has 0 atom stereocenters. The molecule has 0 aliphatic carbocycles. The Kier molecular flexibility index (Phi) is 6.86. The second-order valence-corrected chi connectivity index (χ2v) is 5.98. The van der Waals surface area contributed by atoms with Gasteiger partial charge in [-0.25, -0.2) is 4.98 Å². The molecule has 2 aromatic carbocycles. The maximum atomic E-state index is 5.68. The zero-order valence-electron chi connectivity index (χ0n) is 15.5. The Labute approximate surface area is 159 Å². The van der Waals surface area contributed by atoms with Gasteiger partial charge < -0.3 is 20.4 Å². The normalized spacial score (nSPS) is 11.2. The van der Waals surface area contributed by atoms with E-state index in [2.05, 4.69) is 37.7 Å². The zero-order chi connectivity index (χ0) is 18.7. The summed E-state index contributed by atoms with van der Waals surface area (Å²) >= 11 is 0. The summed E-state index contributed by atoms with van der Waals surface area (Å²) in [5, 5.41) is 6.55. The summed E-state index contributed by atoms with van der Waals surface area (Å²) in [5.74, 6) is 2.50. The standard InChI is InChI=1S/C21H25N5O/c1-22-21(23-13-8-14-27-18-11-6-3-7-12-18)25-16-20-24-15-19(26-20)17-9-4-2-5-10-17/h2-7,9-12,15H,8,13-14,16H2,1H3,(H,24,26)(H2,22,23,25). The number of H-pyrrole nitrogens is 1. The third-order valence-corrected chi connectivity index (χ3v) is 3.99. The van der Waals surface area contributed by atoms with Gasteiger partial charge in [-0.05, 0) is 24.1 Å². The van der Waals surface area contributed by atoms with Crippen LogP contribution in [0.15, 0.2) is 71.9 Å². The number of para-hydroxylation sites is 1. The monoisotopic (exact) mass is 363 g/mol. The smallest absolute Gasteiger partial charge is 0.191 e. The third kappa shape index (κ3) is 5.88. The number of ether oxygens (including phenoxy) is 1. The Hall–Kier alpha value is -3.28. The minimum absolute atomic E-state index is 0.576. The van der Waals surface area contributed by atoms with Gasteiger partial charge in [0.15, 0.2) is 5.96 Å². The maximum Gasteiger partial charge on any atom is 0.191 e. The minimum atomic E-state index is 0.576. The highest BCUT2D eigenvalue weighted by molar-refractivity contribution is 5.79. The van der Waals surface area contributed by atoms with E-state index in [0.717, 1.165) is 41.8 Å². The van der Waals surface area contributed by atoms with Crippen LogP contribution in [0.5, 0.6) is 5.75 Å². The summed E-state index contributed by atoms with van der Waals surface area (Å²) in [4.78, 5) is 12.0. The number of hydrogen-bond acceptors (Lipinski definition) is 3. The molecule has 0 radical (unpaired) electrons. The highest BCUT2D eigenvalue weighted by Crippen LogP contribution is 2.15. The molecule has 0 amide bonds. The number of aromatic amines is 1. The van der Waals surface area contributed by atoms with Crippen molar-refractivity contribution in [2.45, 2.75) is 13.0 Å². The van der Waals surface area contributed by atoms with E-state index in [9.17, 15) is 0 Å². The first-order valence-corrected chi connectivity index (χ1v) is 9.07. The van der Waals surface area contributed by atoms with Crippen molar-refractivity contribution in [2.24, 2.45) is 4.99 Å². The van der Waals surface area contributed by atoms with Crippen molar-refractivity contribution >= 4 is 5.96 Å². The van der Waals surface area contributed by atoms with Gasteiger partial charge in [0.05, 0.1) is 25.0 Å². The van der Waals surface area contributed by atoms with Crippen molar-refractivity contribution in [2.75, 3.05) is 20.2 Å². The van der Waals surface area contributed by atoms with Crippen molar-refractivity contribution in [3.8, 4) is 17.0 Å². The maximum absolute atomic E-state index is 5.68. The van der Waals surface area contributed by atoms with Gasteiger partial charge in [-0.3, -0.25) is 4.99 Å². The number of aromatic nitrogens is 2. The number of nitrogens with one attached hydrogen (secondary N) is 3. The van der Waals surface area contributed by atoms with E-state index >= 15 is 0 Å². The Morgan fingerprint density at radius 1 is 1.04 bits per heavy atom. The molecule has 3 rings (SSSR count). The third-order valence-electron chi connectivity index (χ3n) is 3.99. The Morgan fingerprint density at radius 2 is 1.78 bits per heavy atom. The van der Waals surface area contributed by atoms with Crippen LogP contribution in [0.2, 0.25) is 0 Å². The lowest BCUT2D eigenvalue weighted by Crippen LogP contribution is -2.37. The molecule has 0 saturated heterocycles. The number of nitrogens with zero attached hydrogens (tertiary/aromatic N) is 2. The lowest BCUT2D eigenvalue weighted by Gasteiger charge is -2.11. The quantitative estimate of drug-likeness (QED) is 0.326. The van der Waals surface area contributed by atoms with E-state index in [-0.39, 0.29) is 0 Å². The van der Waals surface area contributed by atoms with E-state index in [0.29, 0.717) is 13.2 Å². The van der Waals surface area contributed by atoms with Crippen LogP contribution >= 0.6 is 0 Å². The number of rotatable bonds is 8. The average Bonchev–Trinajstić information content (AvgIpc) is 3.20. The fraction of sp³-hybridized carbons (Fsp3) is 0.238. The summed E-state index contributed by atoms with van der Waals surface area (Å²) in [7, 11) is 1.76. The summed E-state index contributed by atoms with van der Waals surface area (Å²) in [6.07, 6.45) is 2.73. The molecule has 0 fully saturated rings. The largest absolute Gasteiger partial charge is 0.494 e. The molecule has 0 saturated carbocycles. The van der Waals surface area contributed by atoms with E-state index in [1.807, 2.05) is 54.7 Å².